The van der Waals surface area contributed by atoms with Gasteiger partial charge in [0, 0.05) is 25.2 Å². The number of nitrogens with zero attached hydrogens (tertiary/aromatic N) is 1. The smallest absolute Gasteiger partial charge is 0.408 e. The fourth-order valence-corrected chi connectivity index (χ4v) is 1.73. The van der Waals surface area contributed by atoms with Crippen LogP contribution in [0.2, 0.25) is 0 Å². The van der Waals surface area contributed by atoms with Crippen LogP contribution in [0.3, 0.4) is 0 Å². The van der Waals surface area contributed by atoms with Crippen molar-refractivity contribution in [2.45, 2.75) is 32.4 Å². The number of benzene rings is 1. The third kappa shape index (κ3) is 7.34. The molecule has 1 aromatic rings. The van der Waals surface area contributed by atoms with Crippen molar-refractivity contribution in [3.63, 3.8) is 0 Å². The molecule has 7 nitrogen and oxygen atoms in total. The number of hydrogen-bond donors (Lipinski definition) is 1. The molecule has 1 N–H and O–H groups in total. The number of ether oxygens (including phenoxy) is 2. The normalized spacial score (nSPS) is 12.3. The van der Waals surface area contributed by atoms with Crippen molar-refractivity contribution in [2.24, 2.45) is 0 Å². The van der Waals surface area contributed by atoms with Gasteiger partial charge in [0.2, 0.25) is 0 Å². The Hall–Kier alpha value is -2.42. The molecule has 0 radical (unpaired) electrons. The molecular formula is C16H22F2N2O5. The van der Waals surface area contributed by atoms with E-state index in [2.05, 4.69) is 5.32 Å². The molecule has 0 spiro atoms. The summed E-state index contributed by atoms with van der Waals surface area (Å²) in [5.41, 5.74) is -0.766. The Morgan fingerprint density at radius 3 is 2.24 bits per heavy atom. The summed E-state index contributed by atoms with van der Waals surface area (Å²) >= 11 is 0. The average molecular weight is 360 g/mol. The highest BCUT2D eigenvalue weighted by Crippen LogP contribution is 2.16. The molecule has 0 aliphatic rings. The predicted octanol–water partition coefficient (Wildman–Crippen LogP) is 2.26. The molecule has 0 bridgehead atoms. The molecule has 1 atom stereocenters. The van der Waals surface area contributed by atoms with Crippen molar-refractivity contribution in [2.75, 3.05) is 20.8 Å². The van der Waals surface area contributed by atoms with Crippen LogP contribution in [0.4, 0.5) is 13.6 Å². The van der Waals surface area contributed by atoms with Crippen LogP contribution in [0.5, 0.6) is 5.75 Å². The Bertz CT molecular complexity index is 599. The quantitative estimate of drug-likeness (QED) is 0.788. The van der Waals surface area contributed by atoms with E-state index in [-0.39, 0.29) is 12.4 Å². The third-order valence-corrected chi connectivity index (χ3v) is 2.83. The monoisotopic (exact) mass is 360 g/mol. The number of hydrogen-bond acceptors (Lipinski definition) is 5. The molecule has 9 heteroatoms. The molecule has 0 saturated carbocycles. The average Bonchev–Trinajstić information content (AvgIpc) is 2.47. The zero-order chi connectivity index (χ0) is 19.2. The standard InChI is InChI=1S/C16H22F2N2O5/c1-16(2,3)25-15(22)19-13(14(21)20(4)23-5)9-24-12-7-10(17)6-11(18)8-12/h6-8,13H,9H2,1-5H3,(H,19,22)/t13-/m0/s1. The minimum atomic E-state index is -1.19. The molecule has 2 amide bonds. The minimum absolute atomic E-state index is 0.124. The van der Waals surface area contributed by atoms with E-state index in [1.807, 2.05) is 0 Å². The van der Waals surface area contributed by atoms with Gasteiger partial charge in [0.05, 0.1) is 7.11 Å². The molecule has 0 heterocycles. The van der Waals surface area contributed by atoms with E-state index in [1.54, 1.807) is 20.8 Å². The van der Waals surface area contributed by atoms with Gasteiger partial charge in [-0.3, -0.25) is 9.63 Å². The molecule has 0 aromatic heterocycles. The van der Waals surface area contributed by atoms with Gasteiger partial charge in [0.25, 0.3) is 5.91 Å². The Morgan fingerprint density at radius 1 is 1.20 bits per heavy atom. The topological polar surface area (TPSA) is 77.1 Å². The summed E-state index contributed by atoms with van der Waals surface area (Å²) in [4.78, 5) is 28.9. The van der Waals surface area contributed by atoms with Gasteiger partial charge in [0.1, 0.15) is 35.6 Å². The first-order chi connectivity index (χ1) is 11.5. The van der Waals surface area contributed by atoms with E-state index in [0.29, 0.717) is 6.07 Å². The van der Waals surface area contributed by atoms with Crippen LogP contribution >= 0.6 is 0 Å². The van der Waals surface area contributed by atoms with E-state index in [0.717, 1.165) is 17.2 Å². The van der Waals surface area contributed by atoms with Crippen molar-refractivity contribution >= 4 is 12.0 Å². The van der Waals surface area contributed by atoms with Gasteiger partial charge in [-0.1, -0.05) is 0 Å². The van der Waals surface area contributed by atoms with Crippen molar-refractivity contribution in [3.8, 4) is 5.75 Å². The van der Waals surface area contributed by atoms with E-state index < -0.39 is 35.3 Å². The molecule has 140 valence electrons. The molecule has 25 heavy (non-hydrogen) atoms. The van der Waals surface area contributed by atoms with E-state index in [4.69, 9.17) is 14.3 Å². The highest BCUT2D eigenvalue weighted by molar-refractivity contribution is 5.85. The lowest BCUT2D eigenvalue weighted by atomic mass is 10.2. The molecule has 0 aliphatic carbocycles. The minimum Gasteiger partial charge on any atom is -0.491 e. The number of likely N-dealkylation sites (N-methyl/N-ethyl adjacent to an activating group) is 1. The van der Waals surface area contributed by atoms with Crippen LogP contribution in [-0.2, 0) is 14.4 Å². The predicted molar refractivity (Wildman–Crippen MR) is 84.8 cm³/mol. The summed E-state index contributed by atoms with van der Waals surface area (Å²) in [6, 6.07) is 1.41. The van der Waals surface area contributed by atoms with Gasteiger partial charge in [-0.2, -0.15) is 0 Å². The lowest BCUT2D eigenvalue weighted by Gasteiger charge is -2.25. The Balaban J connectivity index is 2.83. The zero-order valence-electron chi connectivity index (χ0n) is 14.8. The first-order valence-electron chi connectivity index (χ1n) is 7.42. The first kappa shape index (κ1) is 20.6. The second-order valence-electron chi connectivity index (χ2n) is 6.13. The molecule has 1 rings (SSSR count). The molecule has 0 aliphatic heterocycles. The van der Waals surface area contributed by atoms with Crippen molar-refractivity contribution in [1.82, 2.24) is 10.4 Å². The van der Waals surface area contributed by atoms with Crippen LogP contribution in [0, 0.1) is 11.6 Å². The maximum absolute atomic E-state index is 13.2. The number of amides is 2. The van der Waals surface area contributed by atoms with Crippen LogP contribution < -0.4 is 10.1 Å². The summed E-state index contributed by atoms with van der Waals surface area (Å²) in [6.45, 7) is 4.61. The highest BCUT2D eigenvalue weighted by atomic mass is 19.1. The Morgan fingerprint density at radius 2 is 1.76 bits per heavy atom. The fraction of sp³-hybridized carbons (Fsp3) is 0.500. The largest absolute Gasteiger partial charge is 0.491 e. The number of carbonyl (C=O) groups is 2. The highest BCUT2D eigenvalue weighted by Gasteiger charge is 2.27. The zero-order valence-corrected chi connectivity index (χ0v) is 14.8. The second kappa shape index (κ2) is 8.61. The van der Waals surface area contributed by atoms with Gasteiger partial charge in [-0.25, -0.2) is 18.6 Å². The van der Waals surface area contributed by atoms with Crippen LogP contribution in [0.15, 0.2) is 18.2 Å². The molecule has 1 aromatic carbocycles. The number of alkyl carbamates (subject to hydrolysis) is 1. The Kier molecular flexibility index (Phi) is 7.10. The molecular weight excluding hydrogens is 338 g/mol. The molecule has 0 fully saturated rings. The Labute approximate surface area is 144 Å². The molecule has 0 unspecified atom stereocenters. The number of hydroxylamine groups is 2. The van der Waals surface area contributed by atoms with Gasteiger partial charge >= 0.3 is 6.09 Å². The number of rotatable bonds is 6. The van der Waals surface area contributed by atoms with Gasteiger partial charge in [-0.05, 0) is 20.8 Å². The van der Waals surface area contributed by atoms with Crippen LogP contribution in [0.1, 0.15) is 20.8 Å². The van der Waals surface area contributed by atoms with Gasteiger partial charge in [0.15, 0.2) is 0 Å². The summed E-state index contributed by atoms with van der Waals surface area (Å²) in [5.74, 6) is -2.41. The van der Waals surface area contributed by atoms with Crippen molar-refractivity contribution in [3.05, 3.63) is 29.8 Å². The summed E-state index contributed by atoms with van der Waals surface area (Å²) in [7, 11) is 2.61. The fourth-order valence-electron chi connectivity index (χ4n) is 1.73. The summed E-state index contributed by atoms with van der Waals surface area (Å²) in [6.07, 6.45) is -0.843. The summed E-state index contributed by atoms with van der Waals surface area (Å²) in [5, 5.41) is 3.23. The SMILES string of the molecule is CON(C)C(=O)[C@H](COc1cc(F)cc(F)c1)NC(=O)OC(C)(C)C. The van der Waals surface area contributed by atoms with Crippen LogP contribution in [-0.4, -0.2) is 49.5 Å². The first-order valence-corrected chi connectivity index (χ1v) is 7.42. The van der Waals surface area contributed by atoms with Crippen molar-refractivity contribution < 1.29 is 32.7 Å². The number of halogens is 2. The maximum atomic E-state index is 13.2. The summed E-state index contributed by atoms with van der Waals surface area (Å²) < 4.78 is 36.7. The van der Waals surface area contributed by atoms with E-state index >= 15 is 0 Å². The van der Waals surface area contributed by atoms with Crippen LogP contribution in [0.25, 0.3) is 0 Å². The molecule has 0 saturated heterocycles. The van der Waals surface area contributed by atoms with E-state index in [9.17, 15) is 18.4 Å². The lowest BCUT2D eigenvalue weighted by Crippen LogP contribution is -2.51. The maximum Gasteiger partial charge on any atom is 0.408 e. The van der Waals surface area contributed by atoms with E-state index in [1.165, 1.54) is 14.2 Å². The second-order valence-corrected chi connectivity index (χ2v) is 6.13. The number of carbonyl (C=O) groups excluding carboxylic acids is 2. The third-order valence-electron chi connectivity index (χ3n) is 2.83. The van der Waals surface area contributed by atoms with Gasteiger partial charge in [-0.15, -0.1) is 0 Å². The lowest BCUT2D eigenvalue weighted by molar-refractivity contribution is -0.171. The van der Waals surface area contributed by atoms with Crippen molar-refractivity contribution in [1.29, 1.82) is 0 Å². The van der Waals surface area contributed by atoms with Gasteiger partial charge < -0.3 is 14.8 Å². The number of nitrogens with one attached hydrogen (secondary N) is 1.